The van der Waals surface area contributed by atoms with Crippen molar-refractivity contribution in [1.29, 1.82) is 0 Å². The fraction of sp³-hybridized carbons (Fsp3) is 0.0606. The number of anilines is 3. The first-order valence-corrected chi connectivity index (χ1v) is 23.5. The van der Waals surface area contributed by atoms with E-state index >= 15 is 0 Å². The molecule has 2 unspecified atom stereocenters. The minimum absolute atomic E-state index is 0.228. The number of allylic oxidation sites excluding steroid dienone is 4. The first kappa shape index (κ1) is 40.3. The van der Waals surface area contributed by atoms with Gasteiger partial charge in [-0.3, -0.25) is 0 Å². The van der Waals surface area contributed by atoms with Gasteiger partial charge >= 0.3 is 0 Å². The minimum atomic E-state index is -0.505. The minimum Gasteiger partial charge on any atom is -0.310 e. The molecular weight excluding hydrogens is 807 g/mol. The summed E-state index contributed by atoms with van der Waals surface area (Å²) >= 11 is 0. The van der Waals surface area contributed by atoms with Gasteiger partial charge in [-0.1, -0.05) is 237 Å². The zero-order chi connectivity index (χ0) is 44.7. The van der Waals surface area contributed by atoms with Gasteiger partial charge in [0.1, 0.15) is 0 Å². The van der Waals surface area contributed by atoms with Gasteiger partial charge in [-0.2, -0.15) is 0 Å². The summed E-state index contributed by atoms with van der Waals surface area (Å²) in [4.78, 5) is 2.53. The van der Waals surface area contributed by atoms with Gasteiger partial charge < -0.3 is 4.90 Å². The van der Waals surface area contributed by atoms with Gasteiger partial charge in [0.25, 0.3) is 0 Å². The van der Waals surface area contributed by atoms with Crippen LogP contribution in [0.5, 0.6) is 0 Å². The lowest BCUT2D eigenvalue weighted by Gasteiger charge is -2.35. The van der Waals surface area contributed by atoms with Gasteiger partial charge in [0.05, 0.1) is 11.1 Å². The van der Waals surface area contributed by atoms with Crippen molar-refractivity contribution >= 4 is 27.8 Å². The summed E-state index contributed by atoms with van der Waals surface area (Å²) in [5.74, 6) is 0.581. The van der Waals surface area contributed by atoms with Crippen LogP contribution in [0.25, 0.3) is 55.3 Å². The third kappa shape index (κ3) is 6.94. The van der Waals surface area contributed by atoms with Crippen LogP contribution in [0.1, 0.15) is 40.7 Å². The Balaban J connectivity index is 0.973. The molecule has 0 saturated carbocycles. The highest BCUT2D eigenvalue weighted by Crippen LogP contribution is 2.60. The van der Waals surface area contributed by atoms with Crippen molar-refractivity contribution in [2.24, 2.45) is 5.92 Å². The Morgan fingerprint density at radius 2 is 0.896 bits per heavy atom. The number of fused-ring (bicyclic) bond motifs is 4. The van der Waals surface area contributed by atoms with Crippen molar-refractivity contribution in [3.8, 4) is 44.5 Å². The Kier molecular flexibility index (Phi) is 10.2. The number of rotatable bonds is 9. The van der Waals surface area contributed by atoms with Crippen LogP contribution >= 0.6 is 0 Å². The molecule has 10 aromatic carbocycles. The molecule has 0 N–H and O–H groups in total. The Morgan fingerprint density at radius 1 is 0.373 bits per heavy atom. The number of hydrogen-bond acceptors (Lipinski definition) is 1. The maximum absolute atomic E-state index is 2.53. The highest BCUT2D eigenvalue weighted by molar-refractivity contribution is 5.98. The smallest absolute Gasteiger partial charge is 0.0714 e. The van der Waals surface area contributed by atoms with Gasteiger partial charge in [0.15, 0.2) is 0 Å². The topological polar surface area (TPSA) is 3.24 Å². The molecule has 1 nitrogen and oxygen atoms in total. The van der Waals surface area contributed by atoms with Crippen LogP contribution in [0.4, 0.5) is 17.1 Å². The zero-order valence-corrected chi connectivity index (χ0v) is 37.5. The molecule has 12 rings (SSSR count). The van der Waals surface area contributed by atoms with Crippen molar-refractivity contribution in [2.45, 2.75) is 18.3 Å². The SMILES string of the molecule is CC1C=CC=CC1c1ccccc1N(c1ccc(-c2ccc(-c3cccc(-c4ccc5ccccc5c4)c3)cc2)cc1)c1cccc2c1-c1ccccc1C2(c1ccccc1)c1ccccc1. The lowest BCUT2D eigenvalue weighted by molar-refractivity contribution is 0.635. The maximum atomic E-state index is 2.53. The molecule has 2 aliphatic carbocycles. The molecule has 0 fully saturated rings. The van der Waals surface area contributed by atoms with Gasteiger partial charge in [-0.05, 0) is 120 Å². The van der Waals surface area contributed by atoms with E-state index in [-0.39, 0.29) is 5.92 Å². The second kappa shape index (κ2) is 16.9. The molecule has 0 bridgehead atoms. The summed E-state index contributed by atoms with van der Waals surface area (Å²) in [6.07, 6.45) is 9.09. The highest BCUT2D eigenvalue weighted by Gasteiger charge is 2.47. The number of para-hydroxylation sites is 1. The standard InChI is InChI=1S/C66H49N/c1-46-18-8-11-27-58(46)59-28-13-15-32-63(59)67(64-33-17-31-62-65(64)60-29-12-14-30-61(60)66(62,55-23-4-2-5-24-55)56-25-6-3-7-26-56)57-42-40-49(41-43-57)48-34-36-50(37-35-48)52-21-16-22-53(44-52)54-39-38-47-19-9-10-20-51(47)45-54/h2-46,58H,1H3. The number of hydrogen-bond donors (Lipinski definition) is 0. The predicted octanol–water partition coefficient (Wildman–Crippen LogP) is 17.5. The van der Waals surface area contributed by atoms with E-state index in [1.165, 1.54) is 88.8 Å². The van der Waals surface area contributed by atoms with E-state index in [0.29, 0.717) is 5.92 Å². The third-order valence-electron chi connectivity index (χ3n) is 14.3. The molecule has 0 heterocycles. The Labute approximate surface area is 394 Å². The zero-order valence-electron chi connectivity index (χ0n) is 37.5. The summed E-state index contributed by atoms with van der Waals surface area (Å²) in [5.41, 5.74) is 19.1. The second-order valence-corrected chi connectivity index (χ2v) is 18.0. The molecule has 0 radical (unpaired) electrons. The van der Waals surface area contributed by atoms with Crippen molar-refractivity contribution < 1.29 is 0 Å². The van der Waals surface area contributed by atoms with E-state index in [2.05, 4.69) is 279 Å². The Hall–Kier alpha value is -8.26. The molecule has 0 amide bonds. The molecule has 0 aliphatic heterocycles. The molecular formula is C66H49N. The monoisotopic (exact) mass is 855 g/mol. The Bertz CT molecular complexity index is 3430. The lowest BCUT2D eigenvalue weighted by Crippen LogP contribution is -2.28. The lowest BCUT2D eigenvalue weighted by atomic mass is 9.68. The van der Waals surface area contributed by atoms with Crippen LogP contribution in [0.3, 0.4) is 0 Å². The van der Waals surface area contributed by atoms with Crippen LogP contribution in [0.2, 0.25) is 0 Å². The molecule has 318 valence electrons. The van der Waals surface area contributed by atoms with Crippen molar-refractivity contribution in [3.05, 3.63) is 295 Å². The predicted molar refractivity (Wildman–Crippen MR) is 282 cm³/mol. The van der Waals surface area contributed by atoms with Crippen LogP contribution in [0.15, 0.2) is 267 Å². The molecule has 67 heavy (non-hydrogen) atoms. The maximum Gasteiger partial charge on any atom is 0.0714 e. The first-order valence-electron chi connectivity index (χ1n) is 23.5. The van der Waals surface area contributed by atoms with E-state index in [1.54, 1.807) is 0 Å². The summed E-state index contributed by atoms with van der Waals surface area (Å²) < 4.78 is 0. The quantitative estimate of drug-likeness (QED) is 0.140. The van der Waals surface area contributed by atoms with E-state index in [0.717, 1.165) is 11.4 Å². The highest BCUT2D eigenvalue weighted by atomic mass is 15.1. The van der Waals surface area contributed by atoms with E-state index in [4.69, 9.17) is 0 Å². The molecule has 0 spiro atoms. The van der Waals surface area contributed by atoms with Crippen molar-refractivity contribution in [2.75, 3.05) is 4.90 Å². The molecule has 0 aromatic heterocycles. The molecule has 10 aromatic rings. The number of benzene rings is 10. The second-order valence-electron chi connectivity index (χ2n) is 18.0. The first-order chi connectivity index (χ1) is 33.1. The largest absolute Gasteiger partial charge is 0.310 e. The fourth-order valence-electron chi connectivity index (χ4n) is 11.1. The van der Waals surface area contributed by atoms with Gasteiger partial charge in [0, 0.05) is 22.9 Å². The summed E-state index contributed by atoms with van der Waals surface area (Å²) in [6, 6.07) is 89.7. The van der Waals surface area contributed by atoms with Crippen LogP contribution in [0, 0.1) is 5.92 Å². The fourth-order valence-corrected chi connectivity index (χ4v) is 11.1. The van der Waals surface area contributed by atoms with E-state index < -0.39 is 5.41 Å². The molecule has 0 saturated heterocycles. The van der Waals surface area contributed by atoms with Crippen LogP contribution in [-0.2, 0) is 5.41 Å². The van der Waals surface area contributed by atoms with Gasteiger partial charge in [-0.25, -0.2) is 0 Å². The van der Waals surface area contributed by atoms with Crippen LogP contribution in [-0.4, -0.2) is 0 Å². The molecule has 2 aliphatic rings. The average Bonchev–Trinajstić information content (AvgIpc) is 3.71. The average molecular weight is 856 g/mol. The van der Waals surface area contributed by atoms with E-state index in [9.17, 15) is 0 Å². The third-order valence-corrected chi connectivity index (χ3v) is 14.3. The van der Waals surface area contributed by atoms with Gasteiger partial charge in [0.2, 0.25) is 0 Å². The van der Waals surface area contributed by atoms with Crippen LogP contribution < -0.4 is 4.90 Å². The Morgan fingerprint density at radius 3 is 1.63 bits per heavy atom. The van der Waals surface area contributed by atoms with Crippen molar-refractivity contribution in [1.82, 2.24) is 0 Å². The summed E-state index contributed by atoms with van der Waals surface area (Å²) in [6.45, 7) is 2.33. The summed E-state index contributed by atoms with van der Waals surface area (Å²) in [5, 5.41) is 2.52. The van der Waals surface area contributed by atoms with E-state index in [1.807, 2.05) is 0 Å². The molecule has 2 atom stereocenters. The van der Waals surface area contributed by atoms with Gasteiger partial charge in [-0.15, -0.1) is 0 Å². The number of nitrogens with zero attached hydrogens (tertiary/aromatic N) is 1. The normalized spacial score (nSPS) is 15.5. The summed E-state index contributed by atoms with van der Waals surface area (Å²) in [7, 11) is 0. The molecule has 1 heteroatoms. The van der Waals surface area contributed by atoms with Crippen molar-refractivity contribution in [3.63, 3.8) is 0 Å².